The van der Waals surface area contributed by atoms with Crippen LogP contribution in [0.5, 0.6) is 0 Å². The van der Waals surface area contributed by atoms with Crippen molar-refractivity contribution in [1.82, 2.24) is 9.97 Å². The summed E-state index contributed by atoms with van der Waals surface area (Å²) >= 11 is 1.46. The molecule has 0 aliphatic heterocycles. The second-order valence-corrected chi connectivity index (χ2v) is 4.93. The zero-order valence-electron chi connectivity index (χ0n) is 10.3. The van der Waals surface area contributed by atoms with Crippen molar-refractivity contribution in [3.8, 4) is 0 Å². The summed E-state index contributed by atoms with van der Waals surface area (Å²) in [4.78, 5) is 20.0. The molecule has 0 N–H and O–H groups in total. The minimum Gasteiger partial charge on any atom is -0.469 e. The maximum absolute atomic E-state index is 11.3. The van der Waals surface area contributed by atoms with E-state index >= 15 is 0 Å². The van der Waals surface area contributed by atoms with Gasteiger partial charge in [-0.25, -0.2) is 9.97 Å². The fourth-order valence-corrected chi connectivity index (χ4v) is 2.32. The normalized spacial score (nSPS) is 12.3. The third kappa shape index (κ3) is 2.98. The Hall–Kier alpha value is -1.62. The fraction of sp³-hybridized carbons (Fsp3) is 0.308. The smallest absolute Gasteiger partial charge is 0.309 e. The van der Waals surface area contributed by atoms with Crippen LogP contribution in [0.4, 0.5) is 0 Å². The van der Waals surface area contributed by atoms with Crippen molar-refractivity contribution in [2.75, 3.05) is 12.9 Å². The molecule has 4 nitrogen and oxygen atoms in total. The Labute approximate surface area is 110 Å². The molecule has 0 saturated heterocycles. The molecular weight excluding hydrogens is 248 g/mol. The Morgan fingerprint density at radius 2 is 2.22 bits per heavy atom. The van der Waals surface area contributed by atoms with Crippen LogP contribution in [0.25, 0.3) is 10.9 Å². The van der Waals surface area contributed by atoms with E-state index in [1.165, 1.54) is 18.9 Å². The number of esters is 1. The molecule has 1 aromatic heterocycles. The highest BCUT2D eigenvalue weighted by molar-refractivity contribution is 7.99. The van der Waals surface area contributed by atoms with Crippen molar-refractivity contribution in [3.63, 3.8) is 0 Å². The topological polar surface area (TPSA) is 52.1 Å². The van der Waals surface area contributed by atoms with Gasteiger partial charge in [-0.3, -0.25) is 4.79 Å². The van der Waals surface area contributed by atoms with Gasteiger partial charge in [-0.05, 0) is 6.07 Å². The van der Waals surface area contributed by atoms with Gasteiger partial charge >= 0.3 is 5.97 Å². The van der Waals surface area contributed by atoms with Gasteiger partial charge in [-0.15, -0.1) is 0 Å². The summed E-state index contributed by atoms with van der Waals surface area (Å²) in [6.07, 6.45) is 1.80. The van der Waals surface area contributed by atoms with Crippen LogP contribution in [0, 0.1) is 5.92 Å². The number of hydrogen-bond donors (Lipinski definition) is 0. The summed E-state index contributed by atoms with van der Waals surface area (Å²) in [5.41, 5.74) is 0.917. The van der Waals surface area contributed by atoms with Gasteiger partial charge in [0.2, 0.25) is 0 Å². The van der Waals surface area contributed by atoms with Crippen LogP contribution in [-0.4, -0.2) is 28.8 Å². The lowest BCUT2D eigenvalue weighted by atomic mass is 10.2. The zero-order valence-corrected chi connectivity index (χ0v) is 11.1. The van der Waals surface area contributed by atoms with Gasteiger partial charge in [0.1, 0.15) is 0 Å². The first-order chi connectivity index (χ1) is 8.70. The number of nitrogens with zero attached hydrogens (tertiary/aromatic N) is 2. The highest BCUT2D eigenvalue weighted by atomic mass is 32.2. The molecule has 18 heavy (non-hydrogen) atoms. The third-order valence-electron chi connectivity index (χ3n) is 2.53. The predicted molar refractivity (Wildman–Crippen MR) is 71.4 cm³/mol. The van der Waals surface area contributed by atoms with Gasteiger partial charge in [0, 0.05) is 17.3 Å². The van der Waals surface area contributed by atoms with Crippen LogP contribution in [0.3, 0.4) is 0 Å². The van der Waals surface area contributed by atoms with Gasteiger partial charge in [0.15, 0.2) is 5.16 Å². The summed E-state index contributed by atoms with van der Waals surface area (Å²) in [5, 5.41) is 1.70. The molecule has 0 fully saturated rings. The van der Waals surface area contributed by atoms with E-state index in [1.807, 2.05) is 31.2 Å². The Morgan fingerprint density at radius 1 is 1.44 bits per heavy atom. The Kier molecular flexibility index (Phi) is 4.15. The molecule has 2 aromatic rings. The Balaban J connectivity index is 2.06. The number of ether oxygens (including phenoxy) is 1. The summed E-state index contributed by atoms with van der Waals surface area (Å²) in [6, 6.07) is 7.82. The van der Waals surface area contributed by atoms with Crippen LogP contribution < -0.4 is 0 Å². The quantitative estimate of drug-likeness (QED) is 0.481. The van der Waals surface area contributed by atoms with Crippen molar-refractivity contribution < 1.29 is 9.53 Å². The number of benzene rings is 1. The van der Waals surface area contributed by atoms with E-state index in [9.17, 15) is 4.79 Å². The highest BCUT2D eigenvalue weighted by Crippen LogP contribution is 2.19. The second-order valence-electron chi connectivity index (χ2n) is 3.95. The molecule has 0 bridgehead atoms. The first-order valence-corrected chi connectivity index (χ1v) is 6.61. The summed E-state index contributed by atoms with van der Waals surface area (Å²) in [7, 11) is 1.40. The summed E-state index contributed by atoms with van der Waals surface area (Å²) in [6.45, 7) is 1.83. The SMILES string of the molecule is COC(=O)C(C)CSc1ncc2ccccc2n1. The molecule has 0 spiro atoms. The minimum absolute atomic E-state index is 0.157. The van der Waals surface area contributed by atoms with Gasteiger partial charge in [0.05, 0.1) is 18.5 Å². The molecule has 0 aliphatic rings. The largest absolute Gasteiger partial charge is 0.469 e. The van der Waals surface area contributed by atoms with Crippen LogP contribution in [0.15, 0.2) is 35.6 Å². The van der Waals surface area contributed by atoms with Crippen molar-refractivity contribution in [3.05, 3.63) is 30.5 Å². The molecular formula is C13H14N2O2S. The van der Waals surface area contributed by atoms with E-state index < -0.39 is 0 Å². The maximum atomic E-state index is 11.3. The summed E-state index contributed by atoms with van der Waals surface area (Å²) < 4.78 is 4.68. The van der Waals surface area contributed by atoms with Gasteiger partial charge in [-0.2, -0.15) is 0 Å². The number of fused-ring (bicyclic) bond motifs is 1. The predicted octanol–water partition coefficient (Wildman–Crippen LogP) is 2.53. The zero-order chi connectivity index (χ0) is 13.0. The Morgan fingerprint density at radius 3 is 3.00 bits per heavy atom. The number of carbonyl (C=O) groups is 1. The number of thioether (sulfide) groups is 1. The molecule has 94 valence electrons. The van der Waals surface area contributed by atoms with Crippen LogP contribution in [0.2, 0.25) is 0 Å². The van der Waals surface area contributed by atoms with Crippen LogP contribution in [-0.2, 0) is 9.53 Å². The highest BCUT2D eigenvalue weighted by Gasteiger charge is 2.14. The van der Waals surface area contributed by atoms with Crippen molar-refractivity contribution in [2.24, 2.45) is 5.92 Å². The second kappa shape index (κ2) is 5.82. The lowest BCUT2D eigenvalue weighted by molar-refractivity contribution is -0.143. The molecule has 1 aromatic carbocycles. The lowest BCUT2D eigenvalue weighted by Gasteiger charge is -2.07. The third-order valence-corrected chi connectivity index (χ3v) is 3.65. The lowest BCUT2D eigenvalue weighted by Crippen LogP contribution is -2.14. The van der Waals surface area contributed by atoms with Gasteiger partial charge < -0.3 is 4.74 Å². The van der Waals surface area contributed by atoms with Crippen molar-refractivity contribution in [2.45, 2.75) is 12.1 Å². The molecule has 0 aliphatic carbocycles. The standard InChI is InChI=1S/C13H14N2O2S/c1-9(12(16)17-2)8-18-13-14-7-10-5-3-4-6-11(10)15-13/h3-7,9H,8H2,1-2H3. The number of methoxy groups -OCH3 is 1. The average molecular weight is 262 g/mol. The fourth-order valence-electron chi connectivity index (χ4n) is 1.49. The van der Waals surface area contributed by atoms with E-state index in [4.69, 9.17) is 0 Å². The number of para-hydroxylation sites is 1. The first kappa shape index (κ1) is 12.8. The maximum Gasteiger partial charge on any atom is 0.309 e. The van der Waals surface area contributed by atoms with E-state index in [2.05, 4.69) is 14.7 Å². The first-order valence-electron chi connectivity index (χ1n) is 5.63. The van der Waals surface area contributed by atoms with E-state index in [0.29, 0.717) is 10.9 Å². The molecule has 0 radical (unpaired) electrons. The van der Waals surface area contributed by atoms with E-state index in [-0.39, 0.29) is 11.9 Å². The molecule has 2 rings (SSSR count). The molecule has 1 atom stereocenters. The number of rotatable bonds is 4. The number of aromatic nitrogens is 2. The van der Waals surface area contributed by atoms with Gasteiger partial charge in [-0.1, -0.05) is 36.9 Å². The Bertz CT molecular complexity index is 559. The molecule has 0 saturated carbocycles. The molecule has 1 heterocycles. The number of hydrogen-bond acceptors (Lipinski definition) is 5. The average Bonchev–Trinajstić information content (AvgIpc) is 2.43. The van der Waals surface area contributed by atoms with Crippen molar-refractivity contribution >= 4 is 28.6 Å². The van der Waals surface area contributed by atoms with E-state index in [0.717, 1.165) is 10.9 Å². The van der Waals surface area contributed by atoms with Crippen LogP contribution in [0.1, 0.15) is 6.92 Å². The summed E-state index contributed by atoms with van der Waals surface area (Å²) in [5.74, 6) is 0.253. The number of carbonyl (C=O) groups excluding carboxylic acids is 1. The van der Waals surface area contributed by atoms with Gasteiger partial charge in [0.25, 0.3) is 0 Å². The molecule has 0 amide bonds. The molecule has 5 heteroatoms. The monoisotopic (exact) mass is 262 g/mol. The van der Waals surface area contributed by atoms with E-state index in [1.54, 1.807) is 6.20 Å². The van der Waals surface area contributed by atoms with Crippen LogP contribution >= 0.6 is 11.8 Å². The minimum atomic E-state index is -0.205. The molecule has 1 unspecified atom stereocenters. The van der Waals surface area contributed by atoms with Crippen molar-refractivity contribution in [1.29, 1.82) is 0 Å².